The largest absolute Gasteiger partial charge is 0.473 e. The van der Waals surface area contributed by atoms with Gasteiger partial charge in [0, 0.05) is 13.5 Å². The van der Waals surface area contributed by atoms with E-state index in [-0.39, 0.29) is 29.1 Å². The van der Waals surface area contributed by atoms with Crippen LogP contribution in [0.1, 0.15) is 20.3 Å². The molecular weight excluding hydrogens is 262 g/mol. The molecule has 0 unspecified atom stereocenters. The first kappa shape index (κ1) is 14.6. The van der Waals surface area contributed by atoms with Gasteiger partial charge >= 0.3 is 5.69 Å². The number of ether oxygens (including phenoxy) is 2. The Hall–Kier alpha value is -1.47. The van der Waals surface area contributed by atoms with Crippen LogP contribution < -0.4 is 4.74 Å². The summed E-state index contributed by atoms with van der Waals surface area (Å²) in [7, 11) is 1.59. The van der Waals surface area contributed by atoms with Crippen molar-refractivity contribution in [1.29, 1.82) is 0 Å². The molecular formula is C10H14ClN3O4. The second-order valence-corrected chi connectivity index (χ2v) is 4.49. The molecule has 0 aliphatic heterocycles. The number of aromatic nitrogens is 2. The van der Waals surface area contributed by atoms with Crippen molar-refractivity contribution < 1.29 is 14.4 Å². The van der Waals surface area contributed by atoms with Gasteiger partial charge in [0.25, 0.3) is 5.88 Å². The lowest BCUT2D eigenvalue weighted by atomic mass is 10.1. The highest BCUT2D eigenvalue weighted by Gasteiger charge is 2.21. The average Bonchev–Trinajstić information content (AvgIpc) is 2.28. The Morgan fingerprint density at radius 1 is 1.56 bits per heavy atom. The van der Waals surface area contributed by atoms with Crippen LogP contribution >= 0.6 is 11.6 Å². The van der Waals surface area contributed by atoms with Gasteiger partial charge in [0.1, 0.15) is 6.20 Å². The van der Waals surface area contributed by atoms with Crippen LogP contribution in [0.15, 0.2) is 6.20 Å². The fourth-order valence-electron chi connectivity index (χ4n) is 1.07. The third kappa shape index (κ3) is 4.08. The quantitative estimate of drug-likeness (QED) is 0.449. The van der Waals surface area contributed by atoms with Crippen molar-refractivity contribution in [1.82, 2.24) is 9.97 Å². The Morgan fingerprint density at radius 2 is 2.22 bits per heavy atom. The Bertz CT molecular complexity index is 439. The van der Waals surface area contributed by atoms with Gasteiger partial charge in [-0.15, -0.1) is 0 Å². The van der Waals surface area contributed by atoms with Gasteiger partial charge in [-0.1, -0.05) is 0 Å². The molecule has 1 aromatic rings. The highest BCUT2D eigenvalue weighted by molar-refractivity contribution is 6.28. The van der Waals surface area contributed by atoms with Gasteiger partial charge in [-0.05, 0) is 25.4 Å². The van der Waals surface area contributed by atoms with Gasteiger partial charge < -0.3 is 9.47 Å². The molecule has 0 spiro atoms. The summed E-state index contributed by atoms with van der Waals surface area (Å²) in [5, 5.41) is 10.6. The van der Waals surface area contributed by atoms with Crippen LogP contribution in [-0.4, -0.2) is 34.2 Å². The van der Waals surface area contributed by atoms with Crippen molar-refractivity contribution in [2.75, 3.05) is 13.7 Å². The molecule has 18 heavy (non-hydrogen) atoms. The normalized spacial score (nSPS) is 11.3. The van der Waals surface area contributed by atoms with Crippen LogP contribution in [0.25, 0.3) is 0 Å². The predicted octanol–water partition coefficient (Wildman–Crippen LogP) is 2.23. The molecule has 7 nitrogen and oxygen atoms in total. The van der Waals surface area contributed by atoms with Gasteiger partial charge in [-0.3, -0.25) is 10.1 Å². The minimum Gasteiger partial charge on any atom is -0.473 e. The Labute approximate surface area is 109 Å². The number of methoxy groups -OCH3 is 1. The number of hydrogen-bond acceptors (Lipinski definition) is 6. The topological polar surface area (TPSA) is 87.4 Å². The summed E-state index contributed by atoms with van der Waals surface area (Å²) >= 11 is 5.57. The molecule has 0 aliphatic carbocycles. The average molecular weight is 276 g/mol. The lowest BCUT2D eigenvalue weighted by molar-refractivity contribution is -0.386. The van der Waals surface area contributed by atoms with E-state index < -0.39 is 4.92 Å². The monoisotopic (exact) mass is 275 g/mol. The predicted molar refractivity (Wildman–Crippen MR) is 64.9 cm³/mol. The second-order valence-electron chi connectivity index (χ2n) is 4.15. The minimum atomic E-state index is -0.618. The van der Waals surface area contributed by atoms with Crippen LogP contribution in [0.5, 0.6) is 5.88 Å². The van der Waals surface area contributed by atoms with E-state index in [2.05, 4.69) is 9.97 Å². The van der Waals surface area contributed by atoms with Crippen LogP contribution in [0.4, 0.5) is 5.69 Å². The molecule has 1 rings (SSSR count). The molecule has 0 amide bonds. The Morgan fingerprint density at radius 3 is 2.78 bits per heavy atom. The summed E-state index contributed by atoms with van der Waals surface area (Å²) in [5.41, 5.74) is -0.680. The summed E-state index contributed by atoms with van der Waals surface area (Å²) in [6, 6.07) is 0. The van der Waals surface area contributed by atoms with E-state index in [1.54, 1.807) is 7.11 Å². The maximum absolute atomic E-state index is 10.7. The van der Waals surface area contributed by atoms with Crippen molar-refractivity contribution >= 4 is 17.3 Å². The second kappa shape index (κ2) is 5.92. The van der Waals surface area contributed by atoms with E-state index in [1.807, 2.05) is 13.8 Å². The molecule has 1 aromatic heterocycles. The van der Waals surface area contributed by atoms with Gasteiger partial charge in [-0.2, -0.15) is 4.98 Å². The number of rotatable bonds is 6. The molecule has 0 saturated heterocycles. The first-order valence-corrected chi connectivity index (χ1v) is 5.58. The van der Waals surface area contributed by atoms with E-state index in [1.165, 1.54) is 0 Å². The summed E-state index contributed by atoms with van der Waals surface area (Å²) < 4.78 is 10.5. The van der Waals surface area contributed by atoms with Crippen LogP contribution in [0.2, 0.25) is 5.28 Å². The van der Waals surface area contributed by atoms with Crippen molar-refractivity contribution in [3.63, 3.8) is 0 Å². The Kier molecular flexibility index (Phi) is 4.80. The van der Waals surface area contributed by atoms with E-state index in [0.717, 1.165) is 6.20 Å². The third-order valence-corrected chi connectivity index (χ3v) is 2.58. The molecule has 0 aromatic carbocycles. The summed E-state index contributed by atoms with van der Waals surface area (Å²) in [4.78, 5) is 17.3. The van der Waals surface area contributed by atoms with Gasteiger partial charge in [0.15, 0.2) is 0 Å². The van der Waals surface area contributed by atoms with E-state index in [9.17, 15) is 10.1 Å². The molecule has 0 bridgehead atoms. The zero-order valence-electron chi connectivity index (χ0n) is 10.3. The highest BCUT2D eigenvalue weighted by atomic mass is 35.5. The molecule has 0 N–H and O–H groups in total. The molecule has 0 radical (unpaired) electrons. The lowest BCUT2D eigenvalue weighted by Crippen LogP contribution is -2.25. The fraction of sp³-hybridized carbons (Fsp3) is 0.600. The molecule has 0 aliphatic rings. The summed E-state index contributed by atoms with van der Waals surface area (Å²) in [5.74, 6) is -0.132. The molecule has 0 fully saturated rings. The zero-order chi connectivity index (χ0) is 13.8. The van der Waals surface area contributed by atoms with E-state index in [4.69, 9.17) is 21.1 Å². The van der Waals surface area contributed by atoms with Crippen molar-refractivity contribution in [2.24, 2.45) is 0 Å². The van der Waals surface area contributed by atoms with Crippen molar-refractivity contribution in [3.05, 3.63) is 21.6 Å². The molecule has 100 valence electrons. The zero-order valence-corrected chi connectivity index (χ0v) is 11.1. The van der Waals surface area contributed by atoms with Gasteiger partial charge in [-0.25, -0.2) is 4.98 Å². The number of halogens is 1. The standard InChI is InChI=1S/C10H14ClN3O4/c1-10(2,17-3)4-5-18-8-7(14(15)16)6-12-9(11)13-8/h6H,4-5H2,1-3H3. The van der Waals surface area contributed by atoms with Crippen molar-refractivity contribution in [3.8, 4) is 5.88 Å². The number of nitrogens with zero attached hydrogens (tertiary/aromatic N) is 3. The molecule has 0 atom stereocenters. The van der Waals surface area contributed by atoms with Crippen molar-refractivity contribution in [2.45, 2.75) is 25.9 Å². The first-order chi connectivity index (χ1) is 8.35. The van der Waals surface area contributed by atoms with E-state index >= 15 is 0 Å². The fourth-order valence-corrected chi connectivity index (χ4v) is 1.19. The van der Waals surface area contributed by atoms with Gasteiger partial charge in [0.05, 0.1) is 17.1 Å². The summed E-state index contributed by atoms with van der Waals surface area (Å²) in [6.07, 6.45) is 1.58. The molecule has 1 heterocycles. The lowest BCUT2D eigenvalue weighted by Gasteiger charge is -2.22. The van der Waals surface area contributed by atoms with Crippen LogP contribution in [-0.2, 0) is 4.74 Å². The smallest absolute Gasteiger partial charge is 0.349 e. The number of hydrogen-bond donors (Lipinski definition) is 0. The van der Waals surface area contributed by atoms with Gasteiger partial charge in [0.2, 0.25) is 5.28 Å². The van der Waals surface area contributed by atoms with E-state index in [0.29, 0.717) is 6.42 Å². The first-order valence-electron chi connectivity index (χ1n) is 5.20. The highest BCUT2D eigenvalue weighted by Crippen LogP contribution is 2.25. The van der Waals surface area contributed by atoms with Crippen LogP contribution in [0.3, 0.4) is 0 Å². The SMILES string of the molecule is COC(C)(C)CCOc1nc(Cl)ncc1[N+](=O)[O-]. The molecule has 0 saturated carbocycles. The molecule has 8 heteroatoms. The maximum Gasteiger partial charge on any atom is 0.349 e. The van der Waals surface area contributed by atoms with Crippen LogP contribution in [0, 0.1) is 10.1 Å². The summed E-state index contributed by atoms with van der Waals surface area (Å²) in [6.45, 7) is 4.00. The third-order valence-electron chi connectivity index (χ3n) is 2.40. The number of nitro groups is 1. The Balaban J connectivity index is 2.72. The minimum absolute atomic E-state index is 0.0957. The maximum atomic E-state index is 10.7.